The lowest BCUT2D eigenvalue weighted by Gasteiger charge is -2.29. The summed E-state index contributed by atoms with van der Waals surface area (Å²) in [5, 5.41) is 0. The van der Waals surface area contributed by atoms with Crippen LogP contribution in [0.25, 0.3) is 0 Å². The second-order valence-corrected chi connectivity index (χ2v) is 3.74. The van der Waals surface area contributed by atoms with Gasteiger partial charge >= 0.3 is 0 Å². The number of aromatic nitrogens is 2. The Morgan fingerprint density at radius 3 is 2.40 bits per heavy atom. The maximum absolute atomic E-state index is 6.05. The molecule has 0 saturated heterocycles. The molecule has 5 nitrogen and oxygen atoms in total. The Hall–Kier alpha value is -1.20. The fourth-order valence-electron chi connectivity index (χ4n) is 1.16. The van der Waals surface area contributed by atoms with E-state index in [-0.39, 0.29) is 6.04 Å². The van der Waals surface area contributed by atoms with Crippen LogP contribution in [-0.2, 0) is 4.74 Å². The zero-order valence-corrected chi connectivity index (χ0v) is 9.52. The molecule has 5 heteroatoms. The molecule has 84 valence electrons. The number of rotatable bonds is 4. The van der Waals surface area contributed by atoms with Crippen LogP contribution in [0.5, 0.6) is 5.88 Å². The van der Waals surface area contributed by atoms with Gasteiger partial charge in [-0.15, -0.1) is 0 Å². The highest BCUT2D eigenvalue weighted by Crippen LogP contribution is 2.28. The van der Waals surface area contributed by atoms with Gasteiger partial charge in [0, 0.05) is 19.5 Å². The summed E-state index contributed by atoms with van der Waals surface area (Å²) in [6.45, 7) is 3.79. The van der Waals surface area contributed by atoms with Gasteiger partial charge in [-0.1, -0.05) is 0 Å². The summed E-state index contributed by atoms with van der Waals surface area (Å²) < 4.78 is 10.4. The molecule has 0 spiro atoms. The first-order valence-corrected chi connectivity index (χ1v) is 4.68. The summed E-state index contributed by atoms with van der Waals surface area (Å²) in [5.41, 5.74) is 6.15. The molecule has 0 radical (unpaired) electrons. The monoisotopic (exact) mass is 211 g/mol. The fourth-order valence-corrected chi connectivity index (χ4v) is 1.16. The molecule has 0 aromatic carbocycles. The minimum absolute atomic E-state index is 0.383. The van der Waals surface area contributed by atoms with Crippen molar-refractivity contribution in [2.45, 2.75) is 25.5 Å². The molecule has 15 heavy (non-hydrogen) atoms. The Morgan fingerprint density at radius 2 is 1.87 bits per heavy atom. The van der Waals surface area contributed by atoms with Crippen molar-refractivity contribution in [1.82, 2.24) is 9.97 Å². The molecule has 0 aliphatic heterocycles. The van der Waals surface area contributed by atoms with Crippen LogP contribution in [0.1, 0.15) is 25.6 Å². The first-order valence-electron chi connectivity index (χ1n) is 4.68. The fraction of sp³-hybridized carbons (Fsp3) is 0.600. The molecule has 0 amide bonds. The Balaban J connectivity index is 3.05. The van der Waals surface area contributed by atoms with E-state index >= 15 is 0 Å². The average Bonchev–Trinajstić information content (AvgIpc) is 2.28. The van der Waals surface area contributed by atoms with Crippen LogP contribution in [0.2, 0.25) is 0 Å². The molecular formula is C10H17N3O2. The maximum atomic E-state index is 6.05. The maximum Gasteiger partial charge on any atom is 0.237 e. The Morgan fingerprint density at radius 1 is 1.27 bits per heavy atom. The molecular weight excluding hydrogens is 194 g/mol. The summed E-state index contributed by atoms with van der Waals surface area (Å²) in [7, 11) is 3.16. The van der Waals surface area contributed by atoms with Gasteiger partial charge in [0.25, 0.3) is 0 Å². The van der Waals surface area contributed by atoms with Crippen molar-refractivity contribution >= 4 is 0 Å². The predicted octanol–water partition coefficient (Wildman–Crippen LogP) is 0.910. The first-order chi connectivity index (χ1) is 7.03. The van der Waals surface area contributed by atoms with E-state index in [1.165, 1.54) is 0 Å². The quantitative estimate of drug-likeness (QED) is 0.801. The first kappa shape index (κ1) is 11.9. The Labute approximate surface area is 89.6 Å². The third-order valence-electron chi connectivity index (χ3n) is 2.45. The van der Waals surface area contributed by atoms with Crippen molar-refractivity contribution in [3.8, 4) is 5.88 Å². The van der Waals surface area contributed by atoms with Crippen molar-refractivity contribution in [2.24, 2.45) is 5.73 Å². The van der Waals surface area contributed by atoms with Crippen molar-refractivity contribution in [1.29, 1.82) is 0 Å². The molecule has 0 saturated carbocycles. The van der Waals surface area contributed by atoms with Gasteiger partial charge in [0.2, 0.25) is 5.88 Å². The van der Waals surface area contributed by atoms with Crippen LogP contribution in [0.4, 0.5) is 0 Å². The van der Waals surface area contributed by atoms with E-state index in [2.05, 4.69) is 9.97 Å². The lowest BCUT2D eigenvalue weighted by atomic mass is 9.96. The van der Waals surface area contributed by atoms with Crippen LogP contribution >= 0.6 is 0 Å². The van der Waals surface area contributed by atoms with Crippen molar-refractivity contribution in [3.63, 3.8) is 0 Å². The highest BCUT2D eigenvalue weighted by atomic mass is 16.5. The van der Waals surface area contributed by atoms with E-state index in [0.29, 0.717) is 11.6 Å². The smallest absolute Gasteiger partial charge is 0.237 e. The van der Waals surface area contributed by atoms with E-state index in [1.807, 2.05) is 13.8 Å². The Bertz CT molecular complexity index is 328. The lowest BCUT2D eigenvalue weighted by Crippen LogP contribution is -2.38. The van der Waals surface area contributed by atoms with Crippen molar-refractivity contribution in [2.75, 3.05) is 14.2 Å². The number of hydrogen-bond donors (Lipinski definition) is 1. The van der Waals surface area contributed by atoms with E-state index in [0.717, 1.165) is 0 Å². The molecule has 1 unspecified atom stereocenters. The van der Waals surface area contributed by atoms with Crippen LogP contribution < -0.4 is 10.5 Å². The highest BCUT2D eigenvalue weighted by Gasteiger charge is 2.31. The zero-order chi connectivity index (χ0) is 11.5. The predicted molar refractivity (Wildman–Crippen MR) is 56.6 cm³/mol. The van der Waals surface area contributed by atoms with Gasteiger partial charge in [0.1, 0.15) is 5.69 Å². The normalized spacial score (nSPS) is 13.7. The molecule has 1 aromatic heterocycles. The van der Waals surface area contributed by atoms with Crippen LogP contribution in [0, 0.1) is 0 Å². The average molecular weight is 211 g/mol. The van der Waals surface area contributed by atoms with E-state index in [4.69, 9.17) is 15.2 Å². The van der Waals surface area contributed by atoms with Crippen LogP contribution in [0.15, 0.2) is 12.4 Å². The number of ether oxygens (including phenoxy) is 2. The molecule has 1 rings (SSSR count). The van der Waals surface area contributed by atoms with Gasteiger partial charge in [0.15, 0.2) is 0 Å². The van der Waals surface area contributed by atoms with Crippen molar-refractivity contribution < 1.29 is 9.47 Å². The summed E-state index contributed by atoms with van der Waals surface area (Å²) in [4.78, 5) is 8.22. The highest BCUT2D eigenvalue weighted by molar-refractivity contribution is 5.23. The summed E-state index contributed by atoms with van der Waals surface area (Å²) in [6, 6.07) is -0.383. The summed E-state index contributed by atoms with van der Waals surface area (Å²) in [5.74, 6) is 0.440. The number of hydrogen-bond acceptors (Lipinski definition) is 5. The molecule has 2 N–H and O–H groups in total. The van der Waals surface area contributed by atoms with Crippen LogP contribution in [-0.4, -0.2) is 29.8 Å². The van der Waals surface area contributed by atoms with Gasteiger partial charge in [-0.05, 0) is 13.8 Å². The summed E-state index contributed by atoms with van der Waals surface area (Å²) in [6.07, 6.45) is 3.15. The van der Waals surface area contributed by atoms with Gasteiger partial charge < -0.3 is 15.2 Å². The number of nitrogens with zero attached hydrogens (tertiary/aromatic N) is 2. The largest absolute Gasteiger partial charge is 0.480 e. The van der Waals surface area contributed by atoms with Gasteiger partial charge in [-0.25, -0.2) is 4.98 Å². The molecule has 1 atom stereocenters. The molecule has 1 heterocycles. The number of nitrogens with two attached hydrogens (primary N) is 1. The minimum atomic E-state index is -0.511. The minimum Gasteiger partial charge on any atom is -0.480 e. The van der Waals surface area contributed by atoms with Crippen molar-refractivity contribution in [3.05, 3.63) is 18.1 Å². The molecule has 0 aliphatic rings. The third-order valence-corrected chi connectivity index (χ3v) is 2.45. The second kappa shape index (κ2) is 4.55. The van der Waals surface area contributed by atoms with Gasteiger partial charge in [-0.3, -0.25) is 4.98 Å². The third kappa shape index (κ3) is 2.43. The number of methoxy groups -OCH3 is 2. The molecule has 0 aliphatic carbocycles. The topological polar surface area (TPSA) is 70.3 Å². The standard InChI is InChI=1S/C10H17N3O2/c1-10(2,15-4)8(11)7-9(14-3)13-6-5-12-7/h5-6,8H,11H2,1-4H3. The van der Waals surface area contributed by atoms with E-state index < -0.39 is 5.60 Å². The second-order valence-electron chi connectivity index (χ2n) is 3.74. The molecule has 0 fully saturated rings. The SMILES string of the molecule is COc1nccnc1C(N)C(C)(C)OC. The van der Waals surface area contributed by atoms with Crippen LogP contribution in [0.3, 0.4) is 0 Å². The van der Waals surface area contributed by atoms with E-state index in [9.17, 15) is 0 Å². The lowest BCUT2D eigenvalue weighted by molar-refractivity contribution is -0.00184. The van der Waals surface area contributed by atoms with Gasteiger partial charge in [0.05, 0.1) is 18.8 Å². The summed E-state index contributed by atoms with van der Waals surface area (Å²) >= 11 is 0. The zero-order valence-electron chi connectivity index (χ0n) is 9.52. The van der Waals surface area contributed by atoms with Gasteiger partial charge in [-0.2, -0.15) is 0 Å². The molecule has 0 bridgehead atoms. The van der Waals surface area contributed by atoms with E-state index in [1.54, 1.807) is 26.6 Å². The Kier molecular flexibility index (Phi) is 3.60. The molecule has 1 aromatic rings.